The Morgan fingerprint density at radius 1 is 1.14 bits per heavy atom. The molecule has 1 aromatic rings. The van der Waals surface area contributed by atoms with Crippen molar-refractivity contribution in [1.29, 1.82) is 0 Å². The molecule has 1 aliphatic rings. The first kappa shape index (κ1) is 16.4. The van der Waals surface area contributed by atoms with Crippen LogP contribution < -0.4 is 0 Å². The molecule has 1 aromatic carbocycles. The van der Waals surface area contributed by atoms with Crippen molar-refractivity contribution in [3.05, 3.63) is 34.9 Å². The third kappa shape index (κ3) is 5.73. The molecule has 2 heteroatoms. The summed E-state index contributed by atoms with van der Waals surface area (Å²) in [5.74, 6) is 7.56. The van der Waals surface area contributed by atoms with Crippen molar-refractivity contribution in [3.63, 3.8) is 0 Å². The molecule has 2 rings (SSSR count). The first-order valence-electron chi connectivity index (χ1n) is 8.12. The molecule has 0 saturated heterocycles. The zero-order valence-corrected chi connectivity index (χ0v) is 13.6. The maximum atomic E-state index is 10.1. The molecule has 114 valence electrons. The lowest BCUT2D eigenvalue weighted by Crippen LogP contribution is -2.19. The Kier molecular flexibility index (Phi) is 6.61. The zero-order valence-electron chi connectivity index (χ0n) is 12.8. The minimum Gasteiger partial charge on any atom is -0.380 e. The van der Waals surface area contributed by atoms with Gasteiger partial charge in [-0.1, -0.05) is 68.9 Å². The molecule has 21 heavy (non-hydrogen) atoms. The number of benzene rings is 1. The fourth-order valence-corrected chi connectivity index (χ4v) is 3.36. The first-order valence-corrected chi connectivity index (χ1v) is 8.50. The quantitative estimate of drug-likeness (QED) is 0.772. The highest BCUT2D eigenvalue weighted by atomic mass is 35.5. The smallest absolute Gasteiger partial charge is 0.115 e. The minimum atomic E-state index is -0.506. The van der Waals surface area contributed by atoms with Gasteiger partial charge in [0.25, 0.3) is 0 Å². The average molecular weight is 305 g/mol. The summed E-state index contributed by atoms with van der Waals surface area (Å²) in [7, 11) is 0. The average Bonchev–Trinajstić information content (AvgIpc) is 2.49. The van der Waals surface area contributed by atoms with Crippen LogP contribution in [-0.4, -0.2) is 11.2 Å². The first-order chi connectivity index (χ1) is 10.2. The van der Waals surface area contributed by atoms with Crippen molar-refractivity contribution in [1.82, 2.24) is 0 Å². The van der Waals surface area contributed by atoms with E-state index in [0.29, 0.717) is 10.9 Å². The summed E-state index contributed by atoms with van der Waals surface area (Å²) < 4.78 is 0. The van der Waals surface area contributed by atoms with Gasteiger partial charge in [-0.25, -0.2) is 0 Å². The second kappa shape index (κ2) is 8.47. The molecule has 1 aliphatic carbocycles. The Morgan fingerprint density at radius 3 is 2.38 bits per heavy atom. The molecule has 0 aliphatic heterocycles. The lowest BCUT2D eigenvalue weighted by molar-refractivity contribution is 0.162. The van der Waals surface area contributed by atoms with Crippen molar-refractivity contribution in [2.45, 2.75) is 58.0 Å². The van der Waals surface area contributed by atoms with E-state index < -0.39 is 6.10 Å². The summed E-state index contributed by atoms with van der Waals surface area (Å²) in [4.78, 5) is 0. The summed E-state index contributed by atoms with van der Waals surface area (Å²) in [6, 6.07) is 7.43. The van der Waals surface area contributed by atoms with E-state index in [1.54, 1.807) is 0 Å². The Hall–Kier alpha value is -0.970. The van der Waals surface area contributed by atoms with Crippen molar-refractivity contribution < 1.29 is 5.11 Å². The van der Waals surface area contributed by atoms with E-state index in [9.17, 15) is 5.11 Å². The third-order valence-corrected chi connectivity index (χ3v) is 4.70. The van der Waals surface area contributed by atoms with Gasteiger partial charge in [0.05, 0.1) is 0 Å². The zero-order chi connectivity index (χ0) is 15.1. The molecule has 0 bridgehead atoms. The SMILES string of the molecule is CCCC1CCC(CC(O)C#Cc2ccc(Cl)cc2)CC1. The van der Waals surface area contributed by atoms with E-state index in [2.05, 4.69) is 18.8 Å². The topological polar surface area (TPSA) is 20.2 Å². The fourth-order valence-electron chi connectivity index (χ4n) is 3.24. The van der Waals surface area contributed by atoms with Gasteiger partial charge in [0.1, 0.15) is 6.10 Å². The molecule has 0 spiro atoms. The standard InChI is InChI=1S/C19H25ClO/c1-2-3-15-4-6-17(7-5-15)14-19(21)13-10-16-8-11-18(20)12-9-16/h8-9,11-12,15,17,19,21H,2-7,14H2,1H3. The number of aliphatic hydroxyl groups excluding tert-OH is 1. The maximum Gasteiger partial charge on any atom is 0.115 e. The van der Waals surface area contributed by atoms with E-state index in [1.165, 1.54) is 38.5 Å². The van der Waals surface area contributed by atoms with Crippen molar-refractivity contribution in [2.75, 3.05) is 0 Å². The molecule has 0 heterocycles. The predicted molar refractivity (Wildman–Crippen MR) is 89.3 cm³/mol. The normalized spacial score (nSPS) is 23.2. The van der Waals surface area contributed by atoms with Gasteiger partial charge in [-0.3, -0.25) is 0 Å². The molecule has 1 fully saturated rings. The van der Waals surface area contributed by atoms with Crippen molar-refractivity contribution in [3.8, 4) is 11.8 Å². The van der Waals surface area contributed by atoms with Crippen LogP contribution in [-0.2, 0) is 0 Å². The summed E-state index contributed by atoms with van der Waals surface area (Å²) >= 11 is 5.84. The molecule has 0 radical (unpaired) electrons. The minimum absolute atomic E-state index is 0.506. The van der Waals surface area contributed by atoms with Crippen molar-refractivity contribution >= 4 is 11.6 Å². The van der Waals surface area contributed by atoms with E-state index in [-0.39, 0.29) is 0 Å². The van der Waals surface area contributed by atoms with Gasteiger partial charge < -0.3 is 5.11 Å². The molecular formula is C19H25ClO. The molecule has 1 nitrogen and oxygen atoms in total. The van der Waals surface area contributed by atoms with Gasteiger partial charge in [0.2, 0.25) is 0 Å². The van der Waals surface area contributed by atoms with Crippen LogP contribution in [0.1, 0.15) is 57.4 Å². The molecule has 1 saturated carbocycles. The van der Waals surface area contributed by atoms with Gasteiger partial charge in [0, 0.05) is 10.6 Å². The third-order valence-electron chi connectivity index (χ3n) is 4.45. The molecular weight excluding hydrogens is 280 g/mol. The maximum absolute atomic E-state index is 10.1. The van der Waals surface area contributed by atoms with E-state index in [1.807, 2.05) is 24.3 Å². The largest absolute Gasteiger partial charge is 0.380 e. The van der Waals surface area contributed by atoms with E-state index in [0.717, 1.165) is 17.9 Å². The summed E-state index contributed by atoms with van der Waals surface area (Å²) in [6.45, 7) is 2.27. The Balaban J connectivity index is 1.78. The molecule has 0 aromatic heterocycles. The van der Waals surface area contributed by atoms with Gasteiger partial charge >= 0.3 is 0 Å². The van der Waals surface area contributed by atoms with Gasteiger partial charge in [0.15, 0.2) is 0 Å². The molecule has 0 amide bonds. The Bertz CT molecular complexity index is 475. The molecule has 1 atom stereocenters. The number of aliphatic hydroxyl groups is 1. The highest BCUT2D eigenvalue weighted by molar-refractivity contribution is 6.30. The predicted octanol–water partition coefficient (Wildman–Crippen LogP) is 5.05. The van der Waals surface area contributed by atoms with Crippen LogP contribution in [0.4, 0.5) is 0 Å². The summed E-state index contributed by atoms with van der Waals surface area (Å²) in [5.41, 5.74) is 0.908. The second-order valence-electron chi connectivity index (χ2n) is 6.20. The van der Waals surface area contributed by atoms with Gasteiger partial charge in [-0.15, -0.1) is 0 Å². The highest BCUT2D eigenvalue weighted by Gasteiger charge is 2.22. The summed E-state index contributed by atoms with van der Waals surface area (Å²) in [6.07, 6.45) is 8.14. The Morgan fingerprint density at radius 2 is 1.76 bits per heavy atom. The second-order valence-corrected chi connectivity index (χ2v) is 6.64. The van der Waals surface area contributed by atoms with Crippen LogP contribution >= 0.6 is 11.6 Å². The van der Waals surface area contributed by atoms with Crippen LogP contribution in [0.2, 0.25) is 5.02 Å². The van der Waals surface area contributed by atoms with E-state index >= 15 is 0 Å². The van der Waals surface area contributed by atoms with Crippen molar-refractivity contribution in [2.24, 2.45) is 11.8 Å². The van der Waals surface area contributed by atoms with Crippen LogP contribution in [0, 0.1) is 23.7 Å². The number of hydrogen-bond acceptors (Lipinski definition) is 1. The van der Waals surface area contributed by atoms with Crippen LogP contribution in [0.25, 0.3) is 0 Å². The van der Waals surface area contributed by atoms with Gasteiger partial charge in [-0.2, -0.15) is 0 Å². The molecule has 1 unspecified atom stereocenters. The monoisotopic (exact) mass is 304 g/mol. The number of hydrogen-bond donors (Lipinski definition) is 1. The van der Waals surface area contributed by atoms with Gasteiger partial charge in [-0.05, 0) is 42.5 Å². The Labute approximate surface area is 133 Å². The highest BCUT2D eigenvalue weighted by Crippen LogP contribution is 2.33. The lowest BCUT2D eigenvalue weighted by atomic mass is 9.78. The van der Waals surface area contributed by atoms with E-state index in [4.69, 9.17) is 11.6 Å². The number of rotatable bonds is 4. The number of halogens is 1. The van der Waals surface area contributed by atoms with Crippen LogP contribution in [0.15, 0.2) is 24.3 Å². The molecule has 1 N–H and O–H groups in total. The summed E-state index contributed by atoms with van der Waals surface area (Å²) in [5, 5.41) is 10.8. The van der Waals surface area contributed by atoms with Crippen LogP contribution in [0.3, 0.4) is 0 Å². The lowest BCUT2D eigenvalue weighted by Gasteiger charge is -2.28. The van der Waals surface area contributed by atoms with Crippen LogP contribution in [0.5, 0.6) is 0 Å². The fraction of sp³-hybridized carbons (Fsp3) is 0.579.